The molecule has 0 fully saturated rings. The highest BCUT2D eigenvalue weighted by Gasteiger charge is 2.32. The molecule has 130 valence electrons. The summed E-state index contributed by atoms with van der Waals surface area (Å²) in [5, 5.41) is 0. The Labute approximate surface area is 142 Å². The molecule has 24 heavy (non-hydrogen) atoms. The molecule has 0 atom stereocenters. The van der Waals surface area contributed by atoms with E-state index in [1.165, 1.54) is 12.1 Å². The lowest BCUT2D eigenvalue weighted by Crippen LogP contribution is -2.18. The molecule has 8 heteroatoms. The quantitative estimate of drug-likeness (QED) is 0.900. The van der Waals surface area contributed by atoms with Gasteiger partial charge in [0, 0.05) is 12.1 Å². The lowest BCUT2D eigenvalue weighted by atomic mass is 10.0. The summed E-state index contributed by atoms with van der Waals surface area (Å²) in [7, 11) is 0. The highest BCUT2D eigenvalue weighted by molar-refractivity contribution is 5.85. The van der Waals surface area contributed by atoms with Gasteiger partial charge in [0.05, 0.1) is 0 Å². The molecule has 2 aromatic rings. The molecule has 0 aromatic heterocycles. The molecule has 0 unspecified atom stereocenters. The first-order valence-electron chi connectivity index (χ1n) is 6.95. The normalized spacial score (nSPS) is 13.2. The number of rotatable bonds is 3. The Kier molecular flexibility index (Phi) is 5.46. The van der Waals surface area contributed by atoms with Crippen molar-refractivity contribution in [1.82, 2.24) is 0 Å². The van der Waals surface area contributed by atoms with E-state index in [-0.39, 0.29) is 30.3 Å². The van der Waals surface area contributed by atoms with Crippen molar-refractivity contribution in [3.63, 3.8) is 0 Å². The summed E-state index contributed by atoms with van der Waals surface area (Å²) in [4.78, 5) is 0. The Balaban J connectivity index is 0.00000208. The van der Waals surface area contributed by atoms with Gasteiger partial charge in [0.1, 0.15) is 19.0 Å². The first kappa shape index (κ1) is 18.2. The topological polar surface area (TPSA) is 53.7 Å². The summed E-state index contributed by atoms with van der Waals surface area (Å²) in [5.41, 5.74) is 7.01. The summed E-state index contributed by atoms with van der Waals surface area (Å²) in [6.45, 7) is 0.860. The van der Waals surface area contributed by atoms with Crippen LogP contribution in [0.2, 0.25) is 0 Å². The second kappa shape index (κ2) is 7.19. The predicted octanol–water partition coefficient (Wildman–Crippen LogP) is 3.90. The van der Waals surface area contributed by atoms with E-state index >= 15 is 0 Å². The fourth-order valence-corrected chi connectivity index (χ4v) is 2.35. The Hall–Kier alpha value is -2.12. The third-order valence-electron chi connectivity index (χ3n) is 3.39. The number of fused-ring (bicyclic) bond motifs is 1. The summed E-state index contributed by atoms with van der Waals surface area (Å²) < 4.78 is 52.5. The number of benzene rings is 2. The Bertz CT molecular complexity index is 722. The molecule has 2 N–H and O–H groups in total. The van der Waals surface area contributed by atoms with Crippen LogP contribution < -0.4 is 19.9 Å². The van der Waals surface area contributed by atoms with Crippen LogP contribution in [0.15, 0.2) is 36.4 Å². The molecule has 0 amide bonds. The van der Waals surface area contributed by atoms with Gasteiger partial charge in [-0.1, -0.05) is 18.2 Å². The Morgan fingerprint density at radius 2 is 1.58 bits per heavy atom. The van der Waals surface area contributed by atoms with E-state index in [0.29, 0.717) is 35.8 Å². The first-order chi connectivity index (χ1) is 11.0. The number of nitrogens with two attached hydrogens (primary N) is 1. The van der Waals surface area contributed by atoms with Crippen molar-refractivity contribution in [2.75, 3.05) is 13.2 Å². The molecule has 1 aliphatic rings. The molecule has 1 heterocycles. The largest absolute Gasteiger partial charge is 0.573 e. The molecule has 4 nitrogen and oxygen atoms in total. The Morgan fingerprint density at radius 1 is 0.958 bits per heavy atom. The lowest BCUT2D eigenvalue weighted by Gasteiger charge is -2.19. The van der Waals surface area contributed by atoms with Crippen LogP contribution in [0, 0.1) is 0 Å². The van der Waals surface area contributed by atoms with E-state index in [1.807, 2.05) is 0 Å². The average Bonchev–Trinajstić information content (AvgIpc) is 2.53. The van der Waals surface area contributed by atoms with Gasteiger partial charge in [-0.15, -0.1) is 25.6 Å². The first-order valence-corrected chi connectivity index (χ1v) is 6.95. The number of hydrogen-bond donors (Lipinski definition) is 1. The monoisotopic (exact) mass is 361 g/mol. The molecule has 0 saturated carbocycles. The number of halogens is 4. The van der Waals surface area contributed by atoms with Crippen molar-refractivity contribution in [2.45, 2.75) is 12.9 Å². The van der Waals surface area contributed by atoms with Gasteiger partial charge in [0.2, 0.25) is 0 Å². The predicted molar refractivity (Wildman–Crippen MR) is 84.7 cm³/mol. The molecular weight excluding hydrogens is 347 g/mol. The fourth-order valence-electron chi connectivity index (χ4n) is 2.35. The van der Waals surface area contributed by atoms with Gasteiger partial charge in [-0.3, -0.25) is 0 Å². The van der Waals surface area contributed by atoms with Crippen LogP contribution >= 0.6 is 12.4 Å². The minimum Gasteiger partial charge on any atom is -0.486 e. The fraction of sp³-hybridized carbons (Fsp3) is 0.250. The van der Waals surface area contributed by atoms with Crippen LogP contribution in [-0.2, 0) is 6.54 Å². The third kappa shape index (κ3) is 4.04. The van der Waals surface area contributed by atoms with Crippen LogP contribution in [0.3, 0.4) is 0 Å². The van der Waals surface area contributed by atoms with Crippen molar-refractivity contribution in [1.29, 1.82) is 0 Å². The maximum Gasteiger partial charge on any atom is 0.573 e. The number of alkyl halides is 3. The summed E-state index contributed by atoms with van der Waals surface area (Å²) in [5.74, 6) is 0.882. The molecular formula is C16H15ClF3NO3. The van der Waals surface area contributed by atoms with E-state index in [4.69, 9.17) is 15.2 Å². The average molecular weight is 362 g/mol. The van der Waals surface area contributed by atoms with Gasteiger partial charge >= 0.3 is 6.36 Å². The van der Waals surface area contributed by atoms with Gasteiger partial charge in [0.15, 0.2) is 11.5 Å². The smallest absolute Gasteiger partial charge is 0.486 e. The van der Waals surface area contributed by atoms with Crippen LogP contribution in [-0.4, -0.2) is 19.6 Å². The molecule has 0 bridgehead atoms. The molecule has 2 aromatic carbocycles. The van der Waals surface area contributed by atoms with Crippen molar-refractivity contribution < 1.29 is 27.4 Å². The van der Waals surface area contributed by atoms with Crippen molar-refractivity contribution >= 4 is 12.4 Å². The second-order valence-corrected chi connectivity index (χ2v) is 4.93. The Morgan fingerprint density at radius 3 is 2.25 bits per heavy atom. The highest BCUT2D eigenvalue weighted by atomic mass is 35.5. The number of ether oxygens (including phenoxy) is 3. The summed E-state index contributed by atoms with van der Waals surface area (Å²) in [6.07, 6.45) is -4.77. The molecule has 0 radical (unpaired) electrons. The molecule has 1 aliphatic heterocycles. The highest BCUT2D eigenvalue weighted by Crippen LogP contribution is 2.36. The van der Waals surface area contributed by atoms with E-state index in [0.717, 1.165) is 0 Å². The summed E-state index contributed by atoms with van der Waals surface area (Å²) >= 11 is 0. The minimum absolute atomic E-state index is 0. The van der Waals surface area contributed by atoms with Crippen LogP contribution in [0.4, 0.5) is 13.2 Å². The van der Waals surface area contributed by atoms with Crippen molar-refractivity contribution in [3.05, 3.63) is 42.0 Å². The van der Waals surface area contributed by atoms with E-state index in [1.54, 1.807) is 24.3 Å². The summed E-state index contributed by atoms with van der Waals surface area (Å²) in [6, 6.07) is 9.74. The van der Waals surface area contributed by atoms with Crippen molar-refractivity contribution in [2.24, 2.45) is 5.73 Å². The molecule has 0 aliphatic carbocycles. The number of hydrogen-bond acceptors (Lipinski definition) is 4. The third-order valence-corrected chi connectivity index (χ3v) is 3.39. The van der Waals surface area contributed by atoms with Crippen molar-refractivity contribution in [3.8, 4) is 28.4 Å². The van der Waals surface area contributed by atoms with Crippen LogP contribution in [0.5, 0.6) is 17.2 Å². The molecule has 3 rings (SSSR count). The SMILES string of the molecule is Cl.NCc1ccc(-c2ccc3c(c2)OCCO3)cc1OC(F)(F)F. The second-order valence-electron chi connectivity index (χ2n) is 4.93. The zero-order chi connectivity index (χ0) is 16.4. The lowest BCUT2D eigenvalue weighted by molar-refractivity contribution is -0.274. The van der Waals surface area contributed by atoms with Crippen LogP contribution in [0.1, 0.15) is 5.56 Å². The standard InChI is InChI=1S/C16H14F3NO3.ClH/c17-16(18,19)23-14-7-10(1-2-12(14)9-20)11-3-4-13-15(8-11)22-6-5-21-13;/h1-4,7-8H,5-6,9,20H2;1H. The van der Waals surface area contributed by atoms with Gasteiger partial charge < -0.3 is 19.9 Å². The zero-order valence-electron chi connectivity index (χ0n) is 12.4. The van der Waals surface area contributed by atoms with Gasteiger partial charge in [-0.05, 0) is 29.3 Å². The van der Waals surface area contributed by atoms with Crippen LogP contribution in [0.25, 0.3) is 11.1 Å². The molecule has 0 spiro atoms. The van der Waals surface area contributed by atoms with Gasteiger partial charge in [0.25, 0.3) is 0 Å². The minimum atomic E-state index is -4.77. The van der Waals surface area contributed by atoms with E-state index in [2.05, 4.69) is 4.74 Å². The molecule has 0 saturated heterocycles. The zero-order valence-corrected chi connectivity index (χ0v) is 13.2. The maximum absolute atomic E-state index is 12.5. The van der Waals surface area contributed by atoms with E-state index < -0.39 is 6.36 Å². The van der Waals surface area contributed by atoms with E-state index in [9.17, 15) is 13.2 Å². The maximum atomic E-state index is 12.5. The van der Waals surface area contributed by atoms with Gasteiger partial charge in [-0.25, -0.2) is 0 Å². The van der Waals surface area contributed by atoms with Gasteiger partial charge in [-0.2, -0.15) is 0 Å².